The molecule has 0 aromatic heterocycles. The van der Waals surface area contributed by atoms with E-state index in [1.807, 2.05) is 50.2 Å². The quantitative estimate of drug-likeness (QED) is 0.896. The Bertz CT molecular complexity index is 623. The molecule has 0 saturated heterocycles. The highest BCUT2D eigenvalue weighted by Gasteiger charge is 2.19. The summed E-state index contributed by atoms with van der Waals surface area (Å²) in [5.74, 6) is -0.389. The molecule has 3 nitrogen and oxygen atoms in total. The van der Waals surface area contributed by atoms with Crippen LogP contribution in [0.15, 0.2) is 46.9 Å². The van der Waals surface area contributed by atoms with E-state index in [4.69, 9.17) is 5.73 Å². The molecule has 0 aliphatic rings. The molecule has 4 heteroatoms. The van der Waals surface area contributed by atoms with Gasteiger partial charge in [0.2, 0.25) is 5.91 Å². The number of rotatable bonds is 4. The van der Waals surface area contributed by atoms with Gasteiger partial charge in [-0.15, -0.1) is 0 Å². The second kappa shape index (κ2) is 6.09. The molecule has 2 rings (SSSR count). The Morgan fingerprint density at radius 3 is 2.35 bits per heavy atom. The van der Waals surface area contributed by atoms with Crippen LogP contribution in [0, 0.1) is 13.8 Å². The Labute approximate surface area is 127 Å². The number of anilines is 1. The van der Waals surface area contributed by atoms with Crippen LogP contribution in [0.25, 0.3) is 0 Å². The minimum atomic E-state index is -0.531. The van der Waals surface area contributed by atoms with Crippen LogP contribution in [0.3, 0.4) is 0 Å². The summed E-state index contributed by atoms with van der Waals surface area (Å²) in [6, 6.07) is 13.1. The van der Waals surface area contributed by atoms with Gasteiger partial charge in [0.15, 0.2) is 0 Å². The molecule has 0 fully saturated rings. The third-order valence-corrected chi connectivity index (χ3v) is 3.70. The van der Waals surface area contributed by atoms with Gasteiger partial charge in [-0.3, -0.25) is 4.79 Å². The molecule has 0 bridgehead atoms. The molecular formula is C16H17BrN2O. The fourth-order valence-corrected chi connectivity index (χ4v) is 2.43. The summed E-state index contributed by atoms with van der Waals surface area (Å²) >= 11 is 3.39. The highest BCUT2D eigenvalue weighted by Crippen LogP contribution is 2.24. The molecule has 20 heavy (non-hydrogen) atoms. The fraction of sp³-hybridized carbons (Fsp3) is 0.188. The zero-order valence-corrected chi connectivity index (χ0v) is 13.1. The monoisotopic (exact) mass is 332 g/mol. The van der Waals surface area contributed by atoms with Gasteiger partial charge in [-0.25, -0.2) is 0 Å². The Kier molecular flexibility index (Phi) is 4.45. The van der Waals surface area contributed by atoms with Gasteiger partial charge in [-0.2, -0.15) is 0 Å². The van der Waals surface area contributed by atoms with E-state index in [2.05, 4.69) is 27.3 Å². The molecule has 1 atom stereocenters. The maximum atomic E-state index is 11.8. The van der Waals surface area contributed by atoms with E-state index in [0.717, 1.165) is 26.9 Å². The maximum absolute atomic E-state index is 11.8. The second-order valence-electron chi connectivity index (χ2n) is 4.85. The molecule has 0 aliphatic carbocycles. The van der Waals surface area contributed by atoms with Gasteiger partial charge < -0.3 is 11.1 Å². The topological polar surface area (TPSA) is 55.1 Å². The average Bonchev–Trinajstić information content (AvgIpc) is 2.39. The highest BCUT2D eigenvalue weighted by molar-refractivity contribution is 9.10. The fourth-order valence-electron chi connectivity index (χ4n) is 2.16. The van der Waals surface area contributed by atoms with Crippen molar-refractivity contribution in [2.75, 3.05) is 5.32 Å². The average molecular weight is 333 g/mol. The summed E-state index contributed by atoms with van der Waals surface area (Å²) in [5.41, 5.74) is 9.53. The summed E-state index contributed by atoms with van der Waals surface area (Å²) in [6.07, 6.45) is 0. The Morgan fingerprint density at radius 1 is 1.15 bits per heavy atom. The molecular weight excluding hydrogens is 316 g/mol. The van der Waals surface area contributed by atoms with Crippen LogP contribution in [0.5, 0.6) is 0 Å². The third kappa shape index (κ3) is 3.39. The molecule has 2 aromatic rings. The standard InChI is InChI=1S/C16H17BrN2O/c1-10-3-8-14(11(2)9-10)15(16(18)20)19-13-6-4-12(17)5-7-13/h3-9,15,19H,1-2H3,(H2,18,20). The molecule has 0 spiro atoms. The van der Waals surface area contributed by atoms with E-state index in [0.29, 0.717) is 0 Å². The van der Waals surface area contributed by atoms with Gasteiger partial charge in [0.05, 0.1) is 0 Å². The number of hydrogen-bond acceptors (Lipinski definition) is 2. The molecule has 0 radical (unpaired) electrons. The number of nitrogens with two attached hydrogens (primary N) is 1. The summed E-state index contributed by atoms with van der Waals surface area (Å²) in [7, 11) is 0. The highest BCUT2D eigenvalue weighted by atomic mass is 79.9. The zero-order chi connectivity index (χ0) is 14.7. The van der Waals surface area contributed by atoms with Crippen molar-refractivity contribution in [3.63, 3.8) is 0 Å². The second-order valence-corrected chi connectivity index (χ2v) is 5.76. The van der Waals surface area contributed by atoms with Gasteiger partial charge >= 0.3 is 0 Å². The number of hydrogen-bond donors (Lipinski definition) is 2. The van der Waals surface area contributed by atoms with Gasteiger partial charge in [0.25, 0.3) is 0 Å². The van der Waals surface area contributed by atoms with Crippen LogP contribution < -0.4 is 11.1 Å². The number of aryl methyl sites for hydroxylation is 2. The van der Waals surface area contributed by atoms with E-state index < -0.39 is 6.04 Å². The lowest BCUT2D eigenvalue weighted by Gasteiger charge is -2.19. The Hall–Kier alpha value is -1.81. The minimum Gasteiger partial charge on any atom is -0.370 e. The van der Waals surface area contributed by atoms with E-state index in [9.17, 15) is 4.79 Å². The summed E-state index contributed by atoms with van der Waals surface area (Å²) in [5, 5.41) is 3.19. The molecule has 0 saturated carbocycles. The van der Waals surface area contributed by atoms with Crippen LogP contribution >= 0.6 is 15.9 Å². The zero-order valence-electron chi connectivity index (χ0n) is 11.5. The number of carbonyl (C=O) groups is 1. The number of primary amides is 1. The Balaban J connectivity index is 2.31. The SMILES string of the molecule is Cc1ccc(C(Nc2ccc(Br)cc2)C(N)=O)c(C)c1. The van der Waals surface area contributed by atoms with E-state index in [1.54, 1.807) is 0 Å². The molecule has 0 heterocycles. The number of nitrogens with one attached hydrogen (secondary N) is 1. The first-order valence-corrected chi connectivity index (χ1v) is 7.15. The summed E-state index contributed by atoms with van der Waals surface area (Å²) in [6.45, 7) is 4.01. The predicted octanol–water partition coefficient (Wildman–Crippen LogP) is 3.70. The van der Waals surface area contributed by atoms with Crippen molar-refractivity contribution in [1.82, 2.24) is 0 Å². The number of carbonyl (C=O) groups excluding carboxylic acids is 1. The molecule has 1 amide bonds. The van der Waals surface area contributed by atoms with Crippen molar-refractivity contribution in [2.45, 2.75) is 19.9 Å². The van der Waals surface area contributed by atoms with Gasteiger partial charge in [0, 0.05) is 10.2 Å². The van der Waals surface area contributed by atoms with Crippen LogP contribution in [0.1, 0.15) is 22.7 Å². The Morgan fingerprint density at radius 2 is 1.80 bits per heavy atom. The number of amides is 1. The first-order chi connectivity index (χ1) is 9.47. The van der Waals surface area contributed by atoms with Crippen molar-refractivity contribution in [1.29, 1.82) is 0 Å². The van der Waals surface area contributed by atoms with Gasteiger partial charge in [0.1, 0.15) is 6.04 Å². The first kappa shape index (κ1) is 14.6. The normalized spacial score (nSPS) is 11.9. The van der Waals surface area contributed by atoms with Crippen molar-refractivity contribution in [3.8, 4) is 0 Å². The molecule has 0 aliphatic heterocycles. The first-order valence-electron chi connectivity index (χ1n) is 6.36. The summed E-state index contributed by atoms with van der Waals surface area (Å²) < 4.78 is 0.991. The maximum Gasteiger partial charge on any atom is 0.244 e. The lowest BCUT2D eigenvalue weighted by Crippen LogP contribution is -2.28. The molecule has 3 N–H and O–H groups in total. The molecule has 104 valence electrons. The predicted molar refractivity (Wildman–Crippen MR) is 85.6 cm³/mol. The van der Waals surface area contributed by atoms with Crippen LogP contribution in [0.2, 0.25) is 0 Å². The third-order valence-electron chi connectivity index (χ3n) is 3.18. The molecule has 1 unspecified atom stereocenters. The van der Waals surface area contributed by atoms with E-state index in [1.165, 1.54) is 0 Å². The number of halogens is 1. The van der Waals surface area contributed by atoms with E-state index in [-0.39, 0.29) is 5.91 Å². The van der Waals surface area contributed by atoms with Crippen molar-refractivity contribution >= 4 is 27.5 Å². The number of benzene rings is 2. The lowest BCUT2D eigenvalue weighted by molar-refractivity contribution is -0.118. The largest absolute Gasteiger partial charge is 0.370 e. The van der Waals surface area contributed by atoms with E-state index >= 15 is 0 Å². The molecule has 2 aromatic carbocycles. The van der Waals surface area contributed by atoms with Crippen LogP contribution in [-0.2, 0) is 4.79 Å². The van der Waals surface area contributed by atoms with Crippen molar-refractivity contribution in [3.05, 3.63) is 63.6 Å². The van der Waals surface area contributed by atoms with Gasteiger partial charge in [-0.1, -0.05) is 39.7 Å². The minimum absolute atomic E-state index is 0.389. The van der Waals surface area contributed by atoms with Crippen LogP contribution in [0.4, 0.5) is 5.69 Å². The van der Waals surface area contributed by atoms with Crippen molar-refractivity contribution in [2.24, 2.45) is 5.73 Å². The smallest absolute Gasteiger partial charge is 0.244 e. The van der Waals surface area contributed by atoms with Gasteiger partial charge in [-0.05, 0) is 49.2 Å². The van der Waals surface area contributed by atoms with Crippen LogP contribution in [-0.4, -0.2) is 5.91 Å². The lowest BCUT2D eigenvalue weighted by atomic mass is 9.98. The van der Waals surface area contributed by atoms with Crippen molar-refractivity contribution < 1.29 is 4.79 Å². The summed E-state index contributed by atoms with van der Waals surface area (Å²) in [4.78, 5) is 11.8.